The molecular formula is C22H22BrF4N3OS. The number of hydrogen-bond acceptors (Lipinski definition) is 3. The van der Waals surface area contributed by atoms with Crippen molar-refractivity contribution < 1.29 is 22.4 Å². The Morgan fingerprint density at radius 1 is 1.25 bits per heavy atom. The van der Waals surface area contributed by atoms with E-state index in [0.29, 0.717) is 18.7 Å². The van der Waals surface area contributed by atoms with E-state index in [1.807, 2.05) is 0 Å². The molecule has 0 aliphatic carbocycles. The number of carbonyl (C=O) groups is 1. The van der Waals surface area contributed by atoms with Crippen LogP contribution in [0.3, 0.4) is 0 Å². The highest BCUT2D eigenvalue weighted by molar-refractivity contribution is 9.10. The number of amides is 2. The molecule has 2 aliphatic rings. The fourth-order valence-corrected chi connectivity index (χ4v) is 5.00. The van der Waals surface area contributed by atoms with Crippen LogP contribution in [0.2, 0.25) is 0 Å². The van der Waals surface area contributed by atoms with Gasteiger partial charge in [0, 0.05) is 18.7 Å². The summed E-state index contributed by atoms with van der Waals surface area (Å²) in [6, 6.07) is 6.23. The lowest BCUT2D eigenvalue weighted by atomic mass is 9.95. The number of alkyl halides is 2. The van der Waals surface area contributed by atoms with Gasteiger partial charge in [0.1, 0.15) is 17.7 Å². The Bertz CT molecular complexity index is 1020. The number of hydrogen-bond donors (Lipinski definition) is 1. The SMILES string of the molecule is CSN[C@@H]1[C@H](Cc2cccc(-c3ccc(Br)c(F)c3)c2F)N(C(=O)N2CCC2)CC1(F)F. The molecule has 4 nitrogen and oxygen atoms in total. The van der Waals surface area contributed by atoms with Crippen LogP contribution in [-0.4, -0.2) is 59.7 Å². The van der Waals surface area contributed by atoms with Gasteiger partial charge in [0.05, 0.1) is 17.1 Å². The van der Waals surface area contributed by atoms with Crippen LogP contribution in [-0.2, 0) is 6.42 Å². The number of nitrogens with zero attached hydrogens (tertiary/aromatic N) is 2. The van der Waals surface area contributed by atoms with Crippen molar-refractivity contribution >= 4 is 33.9 Å². The third-order valence-corrected chi connectivity index (χ3v) is 7.11. The van der Waals surface area contributed by atoms with Gasteiger partial charge < -0.3 is 9.80 Å². The average Bonchev–Trinajstić information content (AvgIpc) is 2.95. The Balaban J connectivity index is 1.68. The van der Waals surface area contributed by atoms with Gasteiger partial charge in [-0.3, -0.25) is 4.72 Å². The number of halogens is 5. The zero-order valence-electron chi connectivity index (χ0n) is 17.3. The molecule has 2 saturated heterocycles. The first kappa shape index (κ1) is 23.4. The number of rotatable bonds is 5. The van der Waals surface area contributed by atoms with Gasteiger partial charge in [0.2, 0.25) is 0 Å². The lowest BCUT2D eigenvalue weighted by molar-refractivity contribution is -0.00483. The zero-order valence-corrected chi connectivity index (χ0v) is 19.7. The predicted molar refractivity (Wildman–Crippen MR) is 121 cm³/mol. The van der Waals surface area contributed by atoms with Crippen molar-refractivity contribution in [1.82, 2.24) is 14.5 Å². The smallest absolute Gasteiger partial charge is 0.320 e. The summed E-state index contributed by atoms with van der Waals surface area (Å²) < 4.78 is 62.1. The van der Waals surface area contributed by atoms with E-state index in [0.717, 1.165) is 18.4 Å². The molecule has 2 aromatic carbocycles. The van der Waals surface area contributed by atoms with E-state index in [1.54, 1.807) is 18.4 Å². The van der Waals surface area contributed by atoms with E-state index in [1.165, 1.54) is 34.1 Å². The lowest BCUT2D eigenvalue weighted by Crippen LogP contribution is -2.53. The molecule has 0 unspecified atom stereocenters. The van der Waals surface area contributed by atoms with Crippen LogP contribution >= 0.6 is 27.9 Å². The molecule has 0 radical (unpaired) electrons. The summed E-state index contributed by atoms with van der Waals surface area (Å²) >= 11 is 4.12. The summed E-state index contributed by atoms with van der Waals surface area (Å²) in [4.78, 5) is 15.5. The molecule has 172 valence electrons. The van der Waals surface area contributed by atoms with Gasteiger partial charge in [-0.25, -0.2) is 22.4 Å². The van der Waals surface area contributed by atoms with Gasteiger partial charge >= 0.3 is 6.03 Å². The quantitative estimate of drug-likeness (QED) is 0.419. The fourth-order valence-electron chi connectivity index (χ4n) is 4.17. The molecular weight excluding hydrogens is 510 g/mol. The van der Waals surface area contributed by atoms with Gasteiger partial charge in [-0.15, -0.1) is 0 Å². The largest absolute Gasteiger partial charge is 0.325 e. The van der Waals surface area contributed by atoms with Crippen LogP contribution in [0.1, 0.15) is 12.0 Å². The van der Waals surface area contributed by atoms with Crippen LogP contribution in [0.4, 0.5) is 22.4 Å². The van der Waals surface area contributed by atoms with Gasteiger partial charge in [-0.05, 0) is 58.3 Å². The van der Waals surface area contributed by atoms with Crippen molar-refractivity contribution in [3.05, 3.63) is 58.1 Å². The van der Waals surface area contributed by atoms with Gasteiger partial charge in [-0.2, -0.15) is 0 Å². The third-order valence-electron chi connectivity index (χ3n) is 5.98. The molecule has 2 aliphatic heterocycles. The second-order valence-electron chi connectivity index (χ2n) is 7.99. The van der Waals surface area contributed by atoms with E-state index in [9.17, 15) is 18.0 Å². The summed E-state index contributed by atoms with van der Waals surface area (Å²) in [5.41, 5.74) is 0.714. The normalized spacial score (nSPS) is 22.2. The van der Waals surface area contributed by atoms with Gasteiger partial charge in [0.15, 0.2) is 0 Å². The highest BCUT2D eigenvalue weighted by atomic mass is 79.9. The monoisotopic (exact) mass is 531 g/mol. The minimum atomic E-state index is -3.16. The number of likely N-dealkylation sites (tertiary alicyclic amines) is 2. The molecule has 1 N–H and O–H groups in total. The van der Waals surface area contributed by atoms with Crippen LogP contribution in [0.15, 0.2) is 40.9 Å². The molecule has 2 aromatic rings. The van der Waals surface area contributed by atoms with Crippen LogP contribution in [0.5, 0.6) is 0 Å². The number of urea groups is 1. The van der Waals surface area contributed by atoms with Crippen LogP contribution in [0.25, 0.3) is 11.1 Å². The Hall–Kier alpha value is -1.78. The maximum absolute atomic E-state index is 15.5. The Morgan fingerprint density at radius 2 is 2.00 bits per heavy atom. The van der Waals surface area contributed by atoms with Gasteiger partial charge in [0.25, 0.3) is 5.92 Å². The summed E-state index contributed by atoms with van der Waals surface area (Å²) in [6.45, 7) is 0.352. The molecule has 0 saturated carbocycles. The number of nitrogens with one attached hydrogen (secondary N) is 1. The molecule has 2 heterocycles. The van der Waals surface area contributed by atoms with E-state index < -0.39 is 42.2 Å². The van der Waals surface area contributed by atoms with Crippen molar-refractivity contribution in [3.8, 4) is 11.1 Å². The molecule has 32 heavy (non-hydrogen) atoms. The second kappa shape index (κ2) is 9.23. The summed E-state index contributed by atoms with van der Waals surface area (Å²) in [5, 5.41) is 0. The summed E-state index contributed by atoms with van der Waals surface area (Å²) in [5.74, 6) is -4.29. The fraction of sp³-hybridized carbons (Fsp3) is 0.409. The zero-order chi connectivity index (χ0) is 23.0. The molecule has 0 aromatic heterocycles. The number of benzene rings is 2. The highest BCUT2D eigenvalue weighted by Crippen LogP contribution is 2.37. The topological polar surface area (TPSA) is 35.6 Å². The third kappa shape index (κ3) is 4.36. The maximum atomic E-state index is 15.5. The molecule has 4 rings (SSSR count). The highest BCUT2D eigenvalue weighted by Gasteiger charge is 2.56. The molecule has 2 fully saturated rings. The van der Waals surface area contributed by atoms with E-state index in [4.69, 9.17) is 0 Å². The predicted octanol–water partition coefficient (Wildman–Crippen LogP) is 5.32. The molecule has 2 atom stereocenters. The van der Waals surface area contributed by atoms with Crippen LogP contribution in [0, 0.1) is 11.6 Å². The minimum Gasteiger partial charge on any atom is -0.325 e. The van der Waals surface area contributed by atoms with E-state index in [2.05, 4.69) is 20.7 Å². The van der Waals surface area contributed by atoms with Crippen molar-refractivity contribution in [2.24, 2.45) is 0 Å². The number of carbonyl (C=O) groups excluding carboxylic acids is 1. The molecule has 0 spiro atoms. The van der Waals surface area contributed by atoms with E-state index in [-0.39, 0.29) is 22.0 Å². The Kier molecular flexibility index (Phi) is 6.74. The first-order valence-electron chi connectivity index (χ1n) is 10.2. The summed E-state index contributed by atoms with van der Waals surface area (Å²) in [6.07, 6.45) is 2.38. The van der Waals surface area contributed by atoms with Crippen molar-refractivity contribution in [2.75, 3.05) is 25.9 Å². The first-order chi connectivity index (χ1) is 15.2. The first-order valence-corrected chi connectivity index (χ1v) is 12.2. The molecule has 2 amide bonds. The van der Waals surface area contributed by atoms with Crippen LogP contribution < -0.4 is 4.72 Å². The molecule has 0 bridgehead atoms. The summed E-state index contributed by atoms with van der Waals surface area (Å²) in [7, 11) is 0. The standard InChI is InChI=1S/C22H22BrF4N3OS/c1-32-28-20-18(30(12-22(20,26)27)21(31)29-8-3-9-29)11-14-4-2-5-15(19(14)25)13-6-7-16(23)17(24)10-13/h2,4-7,10,18,20,28H,3,8-9,11-12H2,1H3/t18-,20+/m0/s1. The Morgan fingerprint density at radius 3 is 2.62 bits per heavy atom. The van der Waals surface area contributed by atoms with Crippen molar-refractivity contribution in [3.63, 3.8) is 0 Å². The Labute approximate surface area is 196 Å². The van der Waals surface area contributed by atoms with Crippen molar-refractivity contribution in [2.45, 2.75) is 30.8 Å². The maximum Gasteiger partial charge on any atom is 0.320 e. The van der Waals surface area contributed by atoms with Gasteiger partial charge in [-0.1, -0.05) is 36.2 Å². The van der Waals surface area contributed by atoms with Crippen molar-refractivity contribution in [1.29, 1.82) is 0 Å². The second-order valence-corrected chi connectivity index (χ2v) is 9.49. The molecule has 10 heteroatoms. The minimum absolute atomic E-state index is 0.0912. The average molecular weight is 532 g/mol. The lowest BCUT2D eigenvalue weighted by Gasteiger charge is -2.37. The van der Waals surface area contributed by atoms with E-state index >= 15 is 4.39 Å².